The van der Waals surface area contributed by atoms with Crippen molar-refractivity contribution in [2.45, 2.75) is 18.2 Å². The third-order valence-electron chi connectivity index (χ3n) is 6.50. The van der Waals surface area contributed by atoms with Crippen LogP contribution in [0.5, 0.6) is 5.75 Å². The number of likely N-dealkylation sites (N-methyl/N-ethyl adjacent to an activating group) is 1. The lowest BCUT2D eigenvalue weighted by molar-refractivity contribution is -0.274. The Labute approximate surface area is 222 Å². The molecule has 0 spiro atoms. The average molecular weight is 571 g/mol. The number of primary amides is 1. The maximum atomic E-state index is 14.7. The predicted octanol–water partition coefficient (Wildman–Crippen LogP) is 2.85. The minimum Gasteiger partial charge on any atom is -0.478 e. The number of thiazole rings is 1. The monoisotopic (exact) mass is 570 g/mol. The summed E-state index contributed by atoms with van der Waals surface area (Å²) in [7, 11) is 1.56. The molecule has 39 heavy (non-hydrogen) atoms. The first kappa shape index (κ1) is 26.7. The number of carboxylic acids is 1. The van der Waals surface area contributed by atoms with Crippen LogP contribution in [0.25, 0.3) is 10.2 Å². The minimum absolute atomic E-state index is 0.194. The number of rotatable bonds is 7. The number of hydrogen-bond acceptors (Lipinski definition) is 10. The van der Waals surface area contributed by atoms with Crippen LogP contribution in [0.2, 0.25) is 0 Å². The average Bonchev–Trinajstić information content (AvgIpc) is 3.36. The second-order valence-corrected chi connectivity index (χ2v) is 9.91. The number of nitrogens with one attached hydrogen (secondary N) is 2. The van der Waals surface area contributed by atoms with Crippen molar-refractivity contribution < 1.29 is 41.7 Å². The first-order chi connectivity index (χ1) is 18.4. The third-order valence-corrected chi connectivity index (χ3v) is 7.43. The number of carboxylic acid groups (broad SMARTS) is 1. The van der Waals surface area contributed by atoms with Gasteiger partial charge >= 0.3 is 12.3 Å². The molecule has 3 heterocycles. The summed E-state index contributed by atoms with van der Waals surface area (Å²) in [4.78, 5) is 32.3. The van der Waals surface area contributed by atoms with Crippen LogP contribution in [0, 0.1) is 5.82 Å². The highest BCUT2D eigenvalue weighted by molar-refractivity contribution is 7.22. The number of benzene rings is 2. The number of carbonyl (C=O) groups excluding carboxylic acids is 1. The van der Waals surface area contributed by atoms with Gasteiger partial charge in [0.25, 0.3) is 0 Å². The normalized spacial score (nSPS) is 20.4. The standard InChI is InChI=1S/C23H22F4N6O5S/c1-32-16-10-13(24)12(20(35)36)9-15(16)30-22(32,18(19(28)34)33-4-6-37-7-5-33)31-21-29-14-3-2-11(8-17(14)39-21)38-23(25,26)27/h2-3,8-10,18,30H,4-7H2,1H3,(H2,28,34)(H,29,31)(H,35,36). The molecule has 0 saturated carbocycles. The second kappa shape index (κ2) is 9.69. The van der Waals surface area contributed by atoms with E-state index in [4.69, 9.17) is 10.5 Å². The Morgan fingerprint density at radius 2 is 2.00 bits per heavy atom. The summed E-state index contributed by atoms with van der Waals surface area (Å²) < 4.78 is 62.6. The molecule has 11 nitrogen and oxygen atoms in total. The minimum atomic E-state index is -4.87. The Morgan fingerprint density at radius 1 is 1.28 bits per heavy atom. The summed E-state index contributed by atoms with van der Waals surface area (Å²) in [6.07, 6.45) is -4.87. The van der Waals surface area contributed by atoms with Gasteiger partial charge in [-0.15, -0.1) is 13.2 Å². The van der Waals surface area contributed by atoms with Gasteiger partial charge < -0.3 is 35.8 Å². The summed E-state index contributed by atoms with van der Waals surface area (Å²) in [6, 6.07) is 4.69. The fraction of sp³-hybridized carbons (Fsp3) is 0.348. The van der Waals surface area contributed by atoms with Crippen LogP contribution in [-0.2, 0) is 9.53 Å². The van der Waals surface area contributed by atoms with E-state index in [0.29, 0.717) is 36.5 Å². The number of halogens is 4. The Morgan fingerprint density at radius 3 is 2.64 bits per heavy atom. The fourth-order valence-electron chi connectivity index (χ4n) is 4.82. The third kappa shape index (κ3) is 4.97. The van der Waals surface area contributed by atoms with Crippen LogP contribution in [0.3, 0.4) is 0 Å². The highest BCUT2D eigenvalue weighted by atomic mass is 32.1. The smallest absolute Gasteiger partial charge is 0.478 e. The van der Waals surface area contributed by atoms with Crippen LogP contribution in [0.1, 0.15) is 10.4 Å². The van der Waals surface area contributed by atoms with Gasteiger partial charge in [-0.1, -0.05) is 11.3 Å². The molecule has 3 aromatic rings. The van der Waals surface area contributed by atoms with E-state index in [1.807, 2.05) is 0 Å². The highest BCUT2D eigenvalue weighted by Crippen LogP contribution is 2.44. The van der Waals surface area contributed by atoms with E-state index in [2.05, 4.69) is 20.4 Å². The first-order valence-corrected chi connectivity index (χ1v) is 12.3. The van der Waals surface area contributed by atoms with Gasteiger partial charge in [-0.3, -0.25) is 9.69 Å². The van der Waals surface area contributed by atoms with E-state index >= 15 is 0 Å². The molecule has 16 heteroatoms. The fourth-order valence-corrected chi connectivity index (χ4v) is 5.78. The molecule has 1 fully saturated rings. The van der Waals surface area contributed by atoms with Gasteiger partial charge in [0.05, 0.1) is 40.4 Å². The maximum absolute atomic E-state index is 14.7. The molecule has 2 unspecified atom stereocenters. The van der Waals surface area contributed by atoms with Crippen molar-refractivity contribution in [1.82, 2.24) is 9.88 Å². The number of carbonyl (C=O) groups is 2. The molecule has 2 atom stereocenters. The molecule has 208 valence electrons. The second-order valence-electron chi connectivity index (χ2n) is 8.88. The number of nitrogens with two attached hydrogens (primary N) is 1. The molecule has 1 aromatic heterocycles. The van der Waals surface area contributed by atoms with E-state index in [1.165, 1.54) is 17.0 Å². The van der Waals surface area contributed by atoms with Crippen LogP contribution in [0.4, 0.5) is 34.1 Å². The highest BCUT2D eigenvalue weighted by Gasteiger charge is 2.54. The Hall–Kier alpha value is -3.89. The SMILES string of the molecule is CN1c2cc(F)c(C(=O)O)cc2NC1(Nc1nc2ccc(OC(F)(F)F)cc2s1)C(C(N)=O)N1CCOCC1. The van der Waals surface area contributed by atoms with Gasteiger partial charge in [0, 0.05) is 32.3 Å². The number of ether oxygens (including phenoxy) is 2. The van der Waals surface area contributed by atoms with Gasteiger partial charge in [-0.25, -0.2) is 14.2 Å². The lowest BCUT2D eigenvalue weighted by atomic mass is 10.0. The van der Waals surface area contributed by atoms with Crippen LogP contribution >= 0.6 is 11.3 Å². The number of amides is 1. The van der Waals surface area contributed by atoms with E-state index in [0.717, 1.165) is 29.5 Å². The molecule has 5 N–H and O–H groups in total. The molecular weight excluding hydrogens is 548 g/mol. The molecule has 0 aliphatic carbocycles. The van der Waals surface area contributed by atoms with Crippen molar-refractivity contribution >= 4 is 49.9 Å². The van der Waals surface area contributed by atoms with Crippen molar-refractivity contribution in [3.63, 3.8) is 0 Å². The summed E-state index contributed by atoms with van der Waals surface area (Å²) in [5.74, 6) is -5.24. The molecule has 0 radical (unpaired) electrons. The van der Waals surface area contributed by atoms with Gasteiger partial charge in [0.2, 0.25) is 11.7 Å². The van der Waals surface area contributed by atoms with E-state index < -0.39 is 47.2 Å². The largest absolute Gasteiger partial charge is 0.573 e. The van der Waals surface area contributed by atoms with Crippen LogP contribution in [-0.4, -0.2) is 78.4 Å². The number of aromatic nitrogens is 1. The number of alkyl halides is 3. The Kier molecular flexibility index (Phi) is 6.64. The molecule has 0 bridgehead atoms. The van der Waals surface area contributed by atoms with Gasteiger partial charge in [-0.05, 0) is 18.2 Å². The zero-order valence-corrected chi connectivity index (χ0v) is 21.0. The molecule has 2 aliphatic rings. The number of fused-ring (bicyclic) bond motifs is 2. The van der Waals surface area contributed by atoms with Gasteiger partial charge in [0.15, 0.2) is 11.2 Å². The molecule has 2 aliphatic heterocycles. The summed E-state index contributed by atoms with van der Waals surface area (Å²) >= 11 is 0.991. The zero-order chi connectivity index (χ0) is 28.1. The Balaban J connectivity index is 1.60. The van der Waals surface area contributed by atoms with Crippen molar-refractivity contribution in [3.8, 4) is 5.75 Å². The molecular formula is C23H22F4N6O5S. The van der Waals surface area contributed by atoms with E-state index in [-0.39, 0.29) is 16.5 Å². The van der Waals surface area contributed by atoms with Gasteiger partial charge in [0.1, 0.15) is 11.6 Å². The number of hydrogen-bond donors (Lipinski definition) is 4. The Bertz CT molecular complexity index is 1450. The first-order valence-electron chi connectivity index (χ1n) is 11.5. The lowest BCUT2D eigenvalue weighted by Crippen LogP contribution is -2.72. The number of aromatic carboxylic acids is 1. The van der Waals surface area contributed by atoms with Crippen molar-refractivity contribution in [1.29, 1.82) is 0 Å². The maximum Gasteiger partial charge on any atom is 0.573 e. The number of nitrogens with zero attached hydrogens (tertiary/aromatic N) is 3. The summed E-state index contributed by atoms with van der Waals surface area (Å²) in [5, 5.41) is 15.9. The van der Waals surface area contributed by atoms with Crippen molar-refractivity contribution in [2.75, 3.05) is 48.9 Å². The summed E-state index contributed by atoms with van der Waals surface area (Å²) in [6.45, 7) is 1.29. The number of morpholine rings is 1. The molecule has 1 amide bonds. The van der Waals surface area contributed by atoms with Crippen LogP contribution in [0.15, 0.2) is 30.3 Å². The van der Waals surface area contributed by atoms with Gasteiger partial charge in [-0.2, -0.15) is 0 Å². The summed E-state index contributed by atoms with van der Waals surface area (Å²) in [5.41, 5.74) is 6.14. The lowest BCUT2D eigenvalue weighted by Gasteiger charge is -2.47. The van der Waals surface area contributed by atoms with E-state index in [1.54, 1.807) is 11.9 Å². The number of anilines is 3. The molecule has 5 rings (SSSR count). The quantitative estimate of drug-likeness (QED) is 0.313. The van der Waals surface area contributed by atoms with Crippen LogP contribution < -0.4 is 26.0 Å². The molecule has 1 saturated heterocycles. The van der Waals surface area contributed by atoms with E-state index in [9.17, 15) is 32.3 Å². The predicted molar refractivity (Wildman–Crippen MR) is 133 cm³/mol. The van der Waals surface area contributed by atoms with Crippen molar-refractivity contribution in [3.05, 3.63) is 41.7 Å². The van der Waals surface area contributed by atoms with Crippen molar-refractivity contribution in [2.24, 2.45) is 5.73 Å². The zero-order valence-electron chi connectivity index (χ0n) is 20.2. The molecule has 2 aromatic carbocycles. The topological polar surface area (TPSA) is 142 Å².